The maximum Gasteiger partial charge on any atom is 0.146 e. The highest BCUT2D eigenvalue weighted by molar-refractivity contribution is 5.07. The molecule has 0 atom stereocenters. The predicted molar refractivity (Wildman–Crippen MR) is 46.8 cm³/mol. The molecule has 1 fully saturated rings. The van der Waals surface area contributed by atoms with Gasteiger partial charge in [-0.1, -0.05) is 11.6 Å². The molecule has 2 aliphatic rings. The molecule has 0 aromatic heterocycles. The third kappa shape index (κ3) is 1.54. The van der Waals surface area contributed by atoms with Gasteiger partial charge in [0, 0.05) is 5.41 Å². The van der Waals surface area contributed by atoms with E-state index in [1.807, 2.05) is 0 Å². The SMILES string of the molecule is CC1=CCC2(CC1)COCOC2. The fourth-order valence-corrected chi connectivity index (χ4v) is 1.94. The quantitative estimate of drug-likeness (QED) is 0.516. The van der Waals surface area contributed by atoms with Crippen LogP contribution in [0.4, 0.5) is 0 Å². The van der Waals surface area contributed by atoms with E-state index in [1.165, 1.54) is 18.4 Å². The third-order valence-electron chi connectivity index (χ3n) is 2.92. The van der Waals surface area contributed by atoms with Gasteiger partial charge < -0.3 is 9.47 Å². The molecule has 2 rings (SSSR count). The first-order chi connectivity index (χ1) is 5.81. The Kier molecular flexibility index (Phi) is 2.20. The lowest BCUT2D eigenvalue weighted by Gasteiger charge is -2.38. The van der Waals surface area contributed by atoms with Gasteiger partial charge in [-0.05, 0) is 26.2 Å². The van der Waals surface area contributed by atoms with Crippen LogP contribution in [0.25, 0.3) is 0 Å². The van der Waals surface area contributed by atoms with Gasteiger partial charge in [-0.3, -0.25) is 0 Å². The molecule has 0 N–H and O–H groups in total. The van der Waals surface area contributed by atoms with Gasteiger partial charge in [0.25, 0.3) is 0 Å². The Morgan fingerprint density at radius 2 is 2.08 bits per heavy atom. The van der Waals surface area contributed by atoms with Crippen molar-refractivity contribution in [3.63, 3.8) is 0 Å². The van der Waals surface area contributed by atoms with Crippen molar-refractivity contribution in [1.82, 2.24) is 0 Å². The maximum absolute atomic E-state index is 5.35. The fraction of sp³-hybridized carbons (Fsp3) is 0.800. The molecule has 1 heterocycles. The molecule has 1 saturated heterocycles. The van der Waals surface area contributed by atoms with Crippen molar-refractivity contribution in [1.29, 1.82) is 0 Å². The second kappa shape index (κ2) is 3.19. The van der Waals surface area contributed by atoms with Gasteiger partial charge in [-0.2, -0.15) is 0 Å². The van der Waals surface area contributed by atoms with Gasteiger partial charge in [0.05, 0.1) is 13.2 Å². The van der Waals surface area contributed by atoms with E-state index in [2.05, 4.69) is 13.0 Å². The average Bonchev–Trinajstić information content (AvgIpc) is 2.13. The Morgan fingerprint density at radius 1 is 1.33 bits per heavy atom. The van der Waals surface area contributed by atoms with E-state index in [0.29, 0.717) is 12.2 Å². The highest BCUT2D eigenvalue weighted by Crippen LogP contribution is 2.37. The minimum Gasteiger partial charge on any atom is -0.355 e. The number of allylic oxidation sites excluding steroid dienone is 2. The van der Waals surface area contributed by atoms with Gasteiger partial charge in [-0.25, -0.2) is 0 Å². The Hall–Kier alpha value is -0.340. The molecule has 0 aromatic carbocycles. The van der Waals surface area contributed by atoms with Crippen LogP contribution in [0.5, 0.6) is 0 Å². The van der Waals surface area contributed by atoms with Gasteiger partial charge >= 0.3 is 0 Å². The monoisotopic (exact) mass is 168 g/mol. The van der Waals surface area contributed by atoms with Crippen LogP contribution in [0.2, 0.25) is 0 Å². The number of ether oxygens (including phenoxy) is 2. The van der Waals surface area contributed by atoms with Crippen molar-refractivity contribution < 1.29 is 9.47 Å². The lowest BCUT2D eigenvalue weighted by atomic mass is 9.76. The predicted octanol–water partition coefficient (Wildman–Crippen LogP) is 2.11. The first-order valence-corrected chi connectivity index (χ1v) is 4.62. The lowest BCUT2D eigenvalue weighted by Crippen LogP contribution is -2.38. The van der Waals surface area contributed by atoms with Crippen LogP contribution in [0.15, 0.2) is 11.6 Å². The highest BCUT2D eigenvalue weighted by Gasteiger charge is 2.34. The van der Waals surface area contributed by atoms with Crippen LogP contribution < -0.4 is 0 Å². The highest BCUT2D eigenvalue weighted by atomic mass is 16.7. The molecule has 0 aromatic rings. The maximum atomic E-state index is 5.35. The number of hydrogen-bond acceptors (Lipinski definition) is 2. The minimum absolute atomic E-state index is 0.317. The molecule has 2 nitrogen and oxygen atoms in total. The molecule has 1 spiro atoms. The van der Waals surface area contributed by atoms with E-state index < -0.39 is 0 Å². The van der Waals surface area contributed by atoms with E-state index in [9.17, 15) is 0 Å². The van der Waals surface area contributed by atoms with Crippen LogP contribution in [0, 0.1) is 5.41 Å². The standard InChI is InChI=1S/C10H16O2/c1-9-2-4-10(5-3-9)6-11-8-12-7-10/h2H,3-8H2,1H3. The summed E-state index contributed by atoms with van der Waals surface area (Å²) < 4.78 is 10.7. The Balaban J connectivity index is 2.02. The summed E-state index contributed by atoms with van der Waals surface area (Å²) in [5.41, 5.74) is 1.84. The van der Waals surface area contributed by atoms with Crippen molar-refractivity contribution >= 4 is 0 Å². The van der Waals surface area contributed by atoms with Crippen LogP contribution in [0.1, 0.15) is 26.2 Å². The summed E-state index contributed by atoms with van der Waals surface area (Å²) >= 11 is 0. The van der Waals surface area contributed by atoms with E-state index >= 15 is 0 Å². The normalized spacial score (nSPS) is 28.6. The average molecular weight is 168 g/mol. The first kappa shape index (κ1) is 8.27. The smallest absolute Gasteiger partial charge is 0.146 e. The molecule has 0 unspecified atom stereocenters. The van der Waals surface area contributed by atoms with Crippen LogP contribution in [0.3, 0.4) is 0 Å². The van der Waals surface area contributed by atoms with Gasteiger partial charge in [0.15, 0.2) is 0 Å². The van der Waals surface area contributed by atoms with Crippen LogP contribution in [-0.4, -0.2) is 20.0 Å². The van der Waals surface area contributed by atoms with Gasteiger partial charge in [0.2, 0.25) is 0 Å². The second-order valence-electron chi connectivity index (χ2n) is 4.07. The molecule has 0 radical (unpaired) electrons. The van der Waals surface area contributed by atoms with E-state index in [-0.39, 0.29) is 0 Å². The third-order valence-corrected chi connectivity index (χ3v) is 2.92. The summed E-state index contributed by atoms with van der Waals surface area (Å²) in [7, 11) is 0. The van der Waals surface area contributed by atoms with Crippen molar-refractivity contribution in [3.8, 4) is 0 Å². The van der Waals surface area contributed by atoms with Gasteiger partial charge in [0.1, 0.15) is 6.79 Å². The van der Waals surface area contributed by atoms with Crippen molar-refractivity contribution in [2.75, 3.05) is 20.0 Å². The molecule has 68 valence electrons. The minimum atomic E-state index is 0.317. The second-order valence-corrected chi connectivity index (χ2v) is 4.07. The summed E-state index contributed by atoms with van der Waals surface area (Å²) in [6.07, 6.45) is 5.92. The largest absolute Gasteiger partial charge is 0.355 e. The molecule has 1 aliphatic heterocycles. The zero-order valence-electron chi connectivity index (χ0n) is 7.64. The van der Waals surface area contributed by atoms with E-state index in [1.54, 1.807) is 0 Å². The molecule has 1 aliphatic carbocycles. The summed E-state index contributed by atoms with van der Waals surface area (Å²) in [4.78, 5) is 0. The Labute approximate surface area is 73.5 Å². The zero-order chi connectivity index (χ0) is 8.44. The summed E-state index contributed by atoms with van der Waals surface area (Å²) in [6.45, 7) is 4.47. The fourth-order valence-electron chi connectivity index (χ4n) is 1.94. The Morgan fingerprint density at radius 3 is 2.67 bits per heavy atom. The van der Waals surface area contributed by atoms with Crippen molar-refractivity contribution in [2.45, 2.75) is 26.2 Å². The molecule has 12 heavy (non-hydrogen) atoms. The summed E-state index contributed by atoms with van der Waals surface area (Å²) in [5.74, 6) is 0. The zero-order valence-corrected chi connectivity index (χ0v) is 7.64. The van der Waals surface area contributed by atoms with Crippen molar-refractivity contribution in [3.05, 3.63) is 11.6 Å². The number of rotatable bonds is 0. The van der Waals surface area contributed by atoms with E-state index in [0.717, 1.165) is 19.6 Å². The van der Waals surface area contributed by atoms with Crippen molar-refractivity contribution in [2.24, 2.45) is 5.41 Å². The van der Waals surface area contributed by atoms with Gasteiger partial charge in [-0.15, -0.1) is 0 Å². The molecule has 0 bridgehead atoms. The molecule has 0 amide bonds. The first-order valence-electron chi connectivity index (χ1n) is 4.62. The van der Waals surface area contributed by atoms with Crippen LogP contribution in [-0.2, 0) is 9.47 Å². The summed E-state index contributed by atoms with van der Waals surface area (Å²) in [5, 5.41) is 0. The number of hydrogen-bond donors (Lipinski definition) is 0. The molecule has 0 saturated carbocycles. The van der Waals surface area contributed by atoms with Crippen LogP contribution >= 0.6 is 0 Å². The lowest BCUT2D eigenvalue weighted by molar-refractivity contribution is -0.166. The molecule has 2 heteroatoms. The summed E-state index contributed by atoms with van der Waals surface area (Å²) in [6, 6.07) is 0. The molecular formula is C10H16O2. The topological polar surface area (TPSA) is 18.5 Å². The molecular weight excluding hydrogens is 152 g/mol. The van der Waals surface area contributed by atoms with E-state index in [4.69, 9.17) is 9.47 Å². The Bertz CT molecular complexity index is 190.